The summed E-state index contributed by atoms with van der Waals surface area (Å²) in [5.74, 6) is 0. The van der Waals surface area contributed by atoms with Crippen LogP contribution in [0.3, 0.4) is 0 Å². The van der Waals surface area contributed by atoms with Crippen LogP contribution in [0.25, 0.3) is 6.08 Å². The van der Waals surface area contributed by atoms with Gasteiger partial charge in [-0.3, -0.25) is 0 Å². The predicted octanol–water partition coefficient (Wildman–Crippen LogP) is 2.48. The lowest BCUT2D eigenvalue weighted by molar-refractivity contribution is 0.0778. The van der Waals surface area contributed by atoms with Crippen LogP contribution in [0.5, 0.6) is 0 Å². The number of hydrogen-bond donors (Lipinski definition) is 1. The van der Waals surface area contributed by atoms with Crippen molar-refractivity contribution in [2.75, 3.05) is 0 Å². The molecule has 0 saturated heterocycles. The second kappa shape index (κ2) is 2.71. The fraction of sp³-hybridized carbons (Fsp3) is 0.333. The van der Waals surface area contributed by atoms with Crippen LogP contribution in [0.15, 0.2) is 24.3 Å². The zero-order valence-corrected chi connectivity index (χ0v) is 8.04. The van der Waals surface area contributed by atoms with Crippen molar-refractivity contribution in [3.8, 4) is 0 Å². The van der Waals surface area contributed by atoms with E-state index in [4.69, 9.17) is 0 Å². The van der Waals surface area contributed by atoms with Gasteiger partial charge in [0.1, 0.15) is 0 Å². The Labute approximate surface area is 78.7 Å². The molecule has 1 heteroatoms. The van der Waals surface area contributed by atoms with Gasteiger partial charge in [0.05, 0.1) is 5.60 Å². The zero-order valence-electron chi connectivity index (χ0n) is 8.04. The van der Waals surface area contributed by atoms with E-state index < -0.39 is 5.60 Å². The van der Waals surface area contributed by atoms with Crippen LogP contribution in [-0.4, -0.2) is 5.11 Å². The zero-order chi connectivity index (χ0) is 9.47. The van der Waals surface area contributed by atoms with Gasteiger partial charge in [-0.25, -0.2) is 0 Å². The van der Waals surface area contributed by atoms with E-state index in [1.807, 2.05) is 26.0 Å². The Morgan fingerprint density at radius 1 is 1.31 bits per heavy atom. The number of benzene rings is 1. The molecular formula is C12H14O. The highest BCUT2D eigenvalue weighted by molar-refractivity contribution is 5.62. The third kappa shape index (κ3) is 1.40. The van der Waals surface area contributed by atoms with E-state index in [2.05, 4.69) is 18.2 Å². The van der Waals surface area contributed by atoms with Crippen LogP contribution in [0.1, 0.15) is 30.5 Å². The Balaban J connectivity index is 2.57. The lowest BCUT2D eigenvalue weighted by atomic mass is 9.91. The van der Waals surface area contributed by atoms with Gasteiger partial charge in [-0.15, -0.1) is 0 Å². The first-order chi connectivity index (χ1) is 6.09. The van der Waals surface area contributed by atoms with Gasteiger partial charge in [-0.1, -0.05) is 30.4 Å². The lowest BCUT2D eigenvalue weighted by Crippen LogP contribution is -2.17. The van der Waals surface area contributed by atoms with Crippen LogP contribution in [0.4, 0.5) is 0 Å². The van der Waals surface area contributed by atoms with E-state index >= 15 is 0 Å². The Hall–Kier alpha value is -1.08. The molecule has 0 unspecified atom stereocenters. The molecule has 68 valence electrons. The van der Waals surface area contributed by atoms with Crippen LogP contribution in [-0.2, 0) is 12.0 Å². The lowest BCUT2D eigenvalue weighted by Gasteiger charge is -2.21. The van der Waals surface area contributed by atoms with Crippen molar-refractivity contribution in [2.45, 2.75) is 25.9 Å². The van der Waals surface area contributed by atoms with Crippen LogP contribution >= 0.6 is 0 Å². The molecule has 0 heterocycles. The fourth-order valence-corrected chi connectivity index (χ4v) is 1.87. The van der Waals surface area contributed by atoms with Crippen molar-refractivity contribution in [3.05, 3.63) is 41.0 Å². The minimum atomic E-state index is -0.725. The van der Waals surface area contributed by atoms with Gasteiger partial charge in [0.15, 0.2) is 0 Å². The van der Waals surface area contributed by atoms with E-state index in [0.717, 1.165) is 12.0 Å². The van der Waals surface area contributed by atoms with Crippen molar-refractivity contribution < 1.29 is 5.11 Å². The number of aliphatic hydroxyl groups is 1. The Morgan fingerprint density at radius 2 is 2.08 bits per heavy atom. The normalized spacial score (nSPS) is 14.7. The molecule has 1 aliphatic carbocycles. The highest BCUT2D eigenvalue weighted by Crippen LogP contribution is 2.30. The summed E-state index contributed by atoms with van der Waals surface area (Å²) in [7, 11) is 0. The Bertz CT molecular complexity index is 356. The average molecular weight is 174 g/mol. The highest BCUT2D eigenvalue weighted by Gasteiger charge is 2.21. The number of hydrogen-bond acceptors (Lipinski definition) is 1. The molecule has 0 atom stereocenters. The monoisotopic (exact) mass is 174 g/mol. The average Bonchev–Trinajstić information content (AvgIpc) is 2.48. The molecule has 0 saturated carbocycles. The summed E-state index contributed by atoms with van der Waals surface area (Å²) in [5, 5.41) is 9.93. The van der Waals surface area contributed by atoms with E-state index in [0.29, 0.717) is 0 Å². The first-order valence-corrected chi connectivity index (χ1v) is 4.60. The molecule has 0 aliphatic heterocycles. The van der Waals surface area contributed by atoms with Crippen molar-refractivity contribution in [1.29, 1.82) is 0 Å². The second-order valence-electron chi connectivity index (χ2n) is 4.04. The summed E-state index contributed by atoms with van der Waals surface area (Å²) in [5.41, 5.74) is 2.85. The molecule has 13 heavy (non-hydrogen) atoms. The third-order valence-electron chi connectivity index (χ3n) is 2.49. The van der Waals surface area contributed by atoms with Crippen molar-refractivity contribution in [2.24, 2.45) is 0 Å². The Kier molecular flexibility index (Phi) is 1.77. The van der Waals surface area contributed by atoms with Crippen LogP contribution in [0.2, 0.25) is 0 Å². The highest BCUT2D eigenvalue weighted by atomic mass is 16.3. The maximum atomic E-state index is 9.93. The molecule has 1 aliphatic rings. The van der Waals surface area contributed by atoms with Gasteiger partial charge in [-0.2, -0.15) is 0 Å². The quantitative estimate of drug-likeness (QED) is 0.693. The standard InChI is InChI=1S/C12H14O/c1-12(2,13)11-8-4-6-9-5-3-7-10(9)11/h3-6,8,13H,7H2,1-2H3. The minimum absolute atomic E-state index is 0.725. The number of rotatable bonds is 1. The van der Waals surface area contributed by atoms with Gasteiger partial charge < -0.3 is 5.11 Å². The Morgan fingerprint density at radius 3 is 2.77 bits per heavy atom. The molecule has 0 bridgehead atoms. The van der Waals surface area contributed by atoms with E-state index in [1.165, 1.54) is 11.1 Å². The SMILES string of the molecule is CC(C)(O)c1cccc2c1CC=C2. The largest absolute Gasteiger partial charge is 0.386 e. The minimum Gasteiger partial charge on any atom is -0.386 e. The van der Waals surface area contributed by atoms with Gasteiger partial charge in [-0.05, 0) is 37.0 Å². The molecule has 2 rings (SSSR count). The first kappa shape index (κ1) is 8.52. The van der Waals surface area contributed by atoms with Crippen LogP contribution < -0.4 is 0 Å². The molecule has 1 aromatic carbocycles. The first-order valence-electron chi connectivity index (χ1n) is 4.60. The predicted molar refractivity (Wildman–Crippen MR) is 54.4 cm³/mol. The van der Waals surface area contributed by atoms with E-state index in [-0.39, 0.29) is 0 Å². The summed E-state index contributed by atoms with van der Waals surface area (Å²) < 4.78 is 0. The summed E-state index contributed by atoms with van der Waals surface area (Å²) in [4.78, 5) is 0. The summed E-state index contributed by atoms with van der Waals surface area (Å²) in [6.07, 6.45) is 5.21. The molecule has 0 radical (unpaired) electrons. The molecule has 0 aromatic heterocycles. The molecule has 1 aromatic rings. The summed E-state index contributed by atoms with van der Waals surface area (Å²) in [6, 6.07) is 6.10. The van der Waals surface area contributed by atoms with Crippen molar-refractivity contribution >= 4 is 6.08 Å². The van der Waals surface area contributed by atoms with Crippen LogP contribution in [0, 0.1) is 0 Å². The third-order valence-corrected chi connectivity index (χ3v) is 2.49. The van der Waals surface area contributed by atoms with Crippen molar-refractivity contribution in [3.63, 3.8) is 0 Å². The molecule has 1 N–H and O–H groups in total. The maximum absolute atomic E-state index is 9.93. The smallest absolute Gasteiger partial charge is 0.0843 e. The van der Waals surface area contributed by atoms with E-state index in [9.17, 15) is 5.11 Å². The number of allylic oxidation sites excluding steroid dienone is 1. The van der Waals surface area contributed by atoms with Gasteiger partial charge in [0.2, 0.25) is 0 Å². The van der Waals surface area contributed by atoms with Crippen molar-refractivity contribution in [1.82, 2.24) is 0 Å². The fourth-order valence-electron chi connectivity index (χ4n) is 1.87. The molecule has 0 fully saturated rings. The van der Waals surface area contributed by atoms with Gasteiger partial charge in [0.25, 0.3) is 0 Å². The molecular weight excluding hydrogens is 160 g/mol. The molecule has 0 amide bonds. The van der Waals surface area contributed by atoms with Gasteiger partial charge in [0, 0.05) is 0 Å². The van der Waals surface area contributed by atoms with Gasteiger partial charge >= 0.3 is 0 Å². The summed E-state index contributed by atoms with van der Waals surface area (Å²) in [6.45, 7) is 3.67. The molecule has 1 nitrogen and oxygen atoms in total. The maximum Gasteiger partial charge on any atom is 0.0843 e. The summed E-state index contributed by atoms with van der Waals surface area (Å²) >= 11 is 0. The second-order valence-corrected chi connectivity index (χ2v) is 4.04. The number of fused-ring (bicyclic) bond motifs is 1. The van der Waals surface area contributed by atoms with E-state index in [1.54, 1.807) is 0 Å². The molecule has 0 spiro atoms. The topological polar surface area (TPSA) is 20.2 Å².